The maximum atomic E-state index is 6.80. The van der Waals surface area contributed by atoms with Crippen LogP contribution in [0.1, 0.15) is 108 Å². The van der Waals surface area contributed by atoms with Gasteiger partial charge in [0.2, 0.25) is 0 Å². The third kappa shape index (κ3) is 7.04. The van der Waals surface area contributed by atoms with Crippen LogP contribution in [-0.4, -0.2) is 80.7 Å². The van der Waals surface area contributed by atoms with Crippen molar-refractivity contribution in [3.05, 3.63) is 71.9 Å². The van der Waals surface area contributed by atoms with Crippen LogP contribution in [0.3, 0.4) is 0 Å². The summed E-state index contributed by atoms with van der Waals surface area (Å²) in [6, 6.07) is 15.6. The van der Waals surface area contributed by atoms with Gasteiger partial charge in [-0.2, -0.15) is 0 Å². The van der Waals surface area contributed by atoms with Gasteiger partial charge >= 0.3 is 0 Å². The number of imidazole rings is 1. The van der Waals surface area contributed by atoms with E-state index in [1.54, 1.807) is 20.5 Å². The van der Waals surface area contributed by atoms with Gasteiger partial charge in [-0.15, -0.1) is 0 Å². The first kappa shape index (κ1) is 38.0. The molecule has 58 heavy (non-hydrogen) atoms. The van der Waals surface area contributed by atoms with Gasteiger partial charge in [-0.05, 0) is 111 Å². The molecule has 5 fully saturated rings. The number of methoxy groups -OCH3 is 2. The summed E-state index contributed by atoms with van der Waals surface area (Å²) < 4.78 is 27.0. The Morgan fingerprint density at radius 3 is 2.53 bits per heavy atom. The molecule has 2 aromatic carbocycles. The Morgan fingerprint density at radius 2 is 1.78 bits per heavy atom. The van der Waals surface area contributed by atoms with E-state index in [9.17, 15) is 0 Å². The lowest BCUT2D eigenvalue weighted by atomic mass is 9.74. The second kappa shape index (κ2) is 14.5. The molecule has 5 aliphatic rings. The van der Waals surface area contributed by atoms with Crippen LogP contribution < -0.4 is 14.8 Å². The van der Waals surface area contributed by atoms with E-state index in [1.165, 1.54) is 62.0 Å². The highest BCUT2D eigenvalue weighted by Crippen LogP contribution is 2.58. The fourth-order valence-electron chi connectivity index (χ4n) is 10.7. The van der Waals surface area contributed by atoms with Crippen LogP contribution in [0, 0.1) is 23.7 Å². The van der Waals surface area contributed by atoms with E-state index >= 15 is 0 Å². The second-order valence-corrected chi connectivity index (χ2v) is 19.6. The third-order valence-electron chi connectivity index (χ3n) is 14.4. The minimum absolute atomic E-state index is 0.0406. The van der Waals surface area contributed by atoms with Gasteiger partial charge in [0.1, 0.15) is 41.2 Å². The summed E-state index contributed by atoms with van der Waals surface area (Å²) in [6.07, 6.45) is 12.8. The van der Waals surface area contributed by atoms with E-state index < -0.39 is 5.79 Å². The summed E-state index contributed by atoms with van der Waals surface area (Å²) in [5.74, 6) is 6.21. The van der Waals surface area contributed by atoms with Crippen LogP contribution in [0.25, 0.3) is 22.1 Å². The number of nitrogens with one attached hydrogen (secondary N) is 2. The Balaban J connectivity index is 0.834. The zero-order chi connectivity index (χ0) is 39.9. The van der Waals surface area contributed by atoms with Crippen molar-refractivity contribution in [2.75, 3.05) is 32.6 Å². The van der Waals surface area contributed by atoms with Gasteiger partial charge < -0.3 is 33.8 Å². The summed E-state index contributed by atoms with van der Waals surface area (Å²) >= 11 is 0. The fraction of sp³-hybridized carbons (Fsp3) is 0.596. The van der Waals surface area contributed by atoms with Crippen molar-refractivity contribution in [3.63, 3.8) is 0 Å². The lowest BCUT2D eigenvalue weighted by molar-refractivity contribution is -0.161. The van der Waals surface area contributed by atoms with Gasteiger partial charge in [-0.3, -0.25) is 4.90 Å². The predicted octanol–water partition coefficient (Wildman–Crippen LogP) is 9.00. The molecule has 11 heteroatoms. The minimum atomic E-state index is -0.624. The summed E-state index contributed by atoms with van der Waals surface area (Å²) in [5.41, 5.74) is 5.70. The lowest BCUT2D eigenvalue weighted by Gasteiger charge is -2.47. The molecular formula is C47H61N7O4. The monoisotopic (exact) mass is 787 g/mol. The van der Waals surface area contributed by atoms with Gasteiger partial charge in [0, 0.05) is 55.3 Å². The SMILES string of the molecule is COc1ccc(CNc2ncnc3c2ccn3[C@@H]2C[C@H](CN(CC3CCC3)[C@H]3C[C@@H](C4CC4c4nc5cc(C(C)(C)C)ccc5[nH]4)C3)[C@H]3OC(C)(C)O[C@H]32)c(OC)c1. The molecule has 1 saturated heterocycles. The van der Waals surface area contributed by atoms with E-state index in [4.69, 9.17) is 28.9 Å². The van der Waals surface area contributed by atoms with E-state index in [-0.39, 0.29) is 23.7 Å². The summed E-state index contributed by atoms with van der Waals surface area (Å²) in [5, 5.41) is 4.55. The molecule has 4 aliphatic carbocycles. The molecule has 0 radical (unpaired) electrons. The Labute approximate surface area is 342 Å². The van der Waals surface area contributed by atoms with Crippen LogP contribution in [0.4, 0.5) is 5.82 Å². The summed E-state index contributed by atoms with van der Waals surface area (Å²) in [4.78, 5) is 21.2. The number of anilines is 1. The van der Waals surface area contributed by atoms with E-state index in [0.717, 1.165) is 70.1 Å². The number of hydrogen-bond donors (Lipinski definition) is 2. The Bertz CT molecular complexity index is 2280. The van der Waals surface area contributed by atoms with Crippen LogP contribution in [0.2, 0.25) is 0 Å². The molecule has 0 amide bonds. The molecule has 10 rings (SSSR count). The quantitative estimate of drug-likeness (QED) is 0.121. The molecule has 5 aromatic rings. The Morgan fingerprint density at radius 1 is 0.948 bits per heavy atom. The first-order chi connectivity index (χ1) is 27.9. The molecule has 308 valence electrons. The zero-order valence-corrected chi connectivity index (χ0v) is 35.3. The largest absolute Gasteiger partial charge is 0.497 e. The topological polar surface area (TPSA) is 112 Å². The minimum Gasteiger partial charge on any atom is -0.497 e. The maximum Gasteiger partial charge on any atom is 0.163 e. The first-order valence-corrected chi connectivity index (χ1v) is 21.8. The Hall–Kier alpha value is -4.19. The van der Waals surface area contributed by atoms with Crippen molar-refractivity contribution in [3.8, 4) is 11.5 Å². The van der Waals surface area contributed by atoms with Crippen LogP contribution in [0.5, 0.6) is 11.5 Å². The van der Waals surface area contributed by atoms with Gasteiger partial charge in [0.25, 0.3) is 0 Å². The molecule has 0 bridgehead atoms. The van der Waals surface area contributed by atoms with Crippen LogP contribution >= 0.6 is 0 Å². The molecule has 11 nitrogen and oxygen atoms in total. The lowest BCUT2D eigenvalue weighted by Crippen LogP contribution is -2.50. The highest BCUT2D eigenvalue weighted by atomic mass is 16.8. The Kier molecular flexibility index (Phi) is 9.52. The highest BCUT2D eigenvalue weighted by Gasteiger charge is 2.56. The smallest absolute Gasteiger partial charge is 0.163 e. The van der Waals surface area contributed by atoms with E-state index in [0.29, 0.717) is 24.4 Å². The number of fused-ring (bicyclic) bond motifs is 3. The van der Waals surface area contributed by atoms with Gasteiger partial charge in [-0.25, -0.2) is 15.0 Å². The number of ether oxygens (including phenoxy) is 4. The number of nitrogens with zero attached hydrogens (tertiary/aromatic N) is 5. The third-order valence-corrected chi connectivity index (χ3v) is 14.4. The molecule has 2 N–H and O–H groups in total. The number of benzene rings is 2. The van der Waals surface area contributed by atoms with Gasteiger partial charge in [0.05, 0.1) is 42.8 Å². The standard InChI is InChI=1S/C47H61N7O4/c1-46(2,3)31-12-14-37-38(20-31)52-44(51-37)36-22-35(36)29-17-32(18-29)53(24-27-9-8-10-27)25-30-19-39(42-41(30)57-47(4,5)58-42)54-16-15-34-43(49-26-50-45(34)54)48-23-28-11-13-33(55-6)21-40(28)56-7/h11-16,20-21,26-27,29-30,32,35-36,39,41-42H,8-10,17-19,22-25H2,1-7H3,(H,51,52)(H,48,49,50)/t29-,30-,32+,35?,36?,39-,41-,42+/m1/s1. The number of aromatic nitrogens is 5. The van der Waals surface area contributed by atoms with Crippen molar-refractivity contribution in [2.45, 2.75) is 128 Å². The molecule has 1 aliphatic heterocycles. The van der Waals surface area contributed by atoms with Crippen molar-refractivity contribution in [1.82, 2.24) is 29.4 Å². The summed E-state index contributed by atoms with van der Waals surface area (Å²) in [7, 11) is 3.35. The number of hydrogen-bond acceptors (Lipinski definition) is 9. The van der Waals surface area contributed by atoms with Crippen LogP contribution in [-0.2, 0) is 21.4 Å². The maximum absolute atomic E-state index is 6.80. The fourth-order valence-corrected chi connectivity index (χ4v) is 10.7. The average Bonchev–Trinajstić information content (AvgIpc) is 3.41. The predicted molar refractivity (Wildman–Crippen MR) is 226 cm³/mol. The number of rotatable bonds is 13. The van der Waals surface area contributed by atoms with Crippen molar-refractivity contribution in [1.29, 1.82) is 0 Å². The number of aromatic amines is 1. The summed E-state index contributed by atoms with van der Waals surface area (Å²) in [6.45, 7) is 13.8. The van der Waals surface area contributed by atoms with E-state index in [2.05, 4.69) is 89.8 Å². The van der Waals surface area contributed by atoms with Crippen molar-refractivity contribution in [2.24, 2.45) is 23.7 Å². The number of H-pyrrole nitrogens is 1. The molecule has 2 unspecified atom stereocenters. The highest BCUT2D eigenvalue weighted by molar-refractivity contribution is 5.87. The van der Waals surface area contributed by atoms with Gasteiger partial charge in [-0.1, -0.05) is 33.3 Å². The molecule has 4 saturated carbocycles. The molecular weight excluding hydrogens is 727 g/mol. The van der Waals surface area contributed by atoms with Gasteiger partial charge in [0.15, 0.2) is 5.79 Å². The molecule has 0 spiro atoms. The average molecular weight is 788 g/mol. The molecule has 6 atom stereocenters. The normalized spacial score (nSPS) is 29.1. The van der Waals surface area contributed by atoms with Crippen molar-refractivity contribution >= 4 is 27.9 Å². The molecule has 3 aromatic heterocycles. The van der Waals surface area contributed by atoms with Crippen LogP contribution in [0.15, 0.2) is 55.0 Å². The molecule has 4 heterocycles. The second-order valence-electron chi connectivity index (χ2n) is 19.6. The zero-order valence-electron chi connectivity index (χ0n) is 35.3. The van der Waals surface area contributed by atoms with Crippen molar-refractivity contribution < 1.29 is 18.9 Å². The first-order valence-electron chi connectivity index (χ1n) is 21.8. The van der Waals surface area contributed by atoms with E-state index in [1.807, 2.05) is 18.2 Å².